The van der Waals surface area contributed by atoms with E-state index in [4.69, 9.17) is 0 Å². The average molecular weight is 340 g/mol. The first-order valence-electron chi connectivity index (χ1n) is 7.81. The lowest BCUT2D eigenvalue weighted by molar-refractivity contribution is 0.520. The van der Waals surface area contributed by atoms with Gasteiger partial charge < -0.3 is 10.6 Å². The van der Waals surface area contributed by atoms with Crippen LogP contribution in [0.3, 0.4) is 0 Å². The smallest absolute Gasteiger partial charge is 0.242 e. The van der Waals surface area contributed by atoms with E-state index in [1.807, 2.05) is 6.92 Å². The predicted octanol–water partition coefficient (Wildman–Crippen LogP) is 1.65. The second kappa shape index (κ2) is 8.88. The minimum Gasteiger partial charge on any atom is -0.357 e. The molecule has 0 atom stereocenters. The Balaban J connectivity index is 2.78. The topological polar surface area (TPSA) is 73.8 Å². The highest BCUT2D eigenvalue weighted by Crippen LogP contribution is 2.14. The summed E-state index contributed by atoms with van der Waals surface area (Å²) < 4.78 is 25.3. The summed E-state index contributed by atoms with van der Waals surface area (Å²) in [6, 6.07) is 6.83. The highest BCUT2D eigenvalue weighted by Gasteiger charge is 2.16. The standard InChI is InChI=1S/C16H28N4O2S/c1-6-17-16(18-11-13(2)3)19-12-14-7-9-15(10-8-14)23(21,22)20(4)5/h7-10,13H,6,11-12H2,1-5H3,(H2,17,18,19). The minimum absolute atomic E-state index is 0.292. The van der Waals surface area contributed by atoms with Crippen LogP contribution < -0.4 is 10.6 Å². The summed E-state index contributed by atoms with van der Waals surface area (Å²) in [5.74, 6) is 1.31. The number of nitrogens with zero attached hydrogens (tertiary/aromatic N) is 2. The molecule has 0 aliphatic rings. The molecule has 0 spiro atoms. The molecule has 0 saturated heterocycles. The second-order valence-electron chi connectivity index (χ2n) is 5.90. The van der Waals surface area contributed by atoms with Crippen molar-refractivity contribution < 1.29 is 8.42 Å². The van der Waals surface area contributed by atoms with Crippen LogP contribution in [-0.2, 0) is 16.6 Å². The van der Waals surface area contributed by atoms with Gasteiger partial charge in [0.15, 0.2) is 5.96 Å². The summed E-state index contributed by atoms with van der Waals surface area (Å²) in [7, 11) is -0.330. The van der Waals surface area contributed by atoms with E-state index < -0.39 is 10.0 Å². The van der Waals surface area contributed by atoms with Crippen LogP contribution >= 0.6 is 0 Å². The molecule has 0 saturated carbocycles. The van der Waals surface area contributed by atoms with E-state index in [1.165, 1.54) is 18.4 Å². The minimum atomic E-state index is -3.38. The zero-order valence-corrected chi connectivity index (χ0v) is 15.4. The van der Waals surface area contributed by atoms with Crippen molar-refractivity contribution in [3.8, 4) is 0 Å². The Kier molecular flexibility index (Phi) is 7.51. The number of hydrogen-bond donors (Lipinski definition) is 2. The molecule has 0 fully saturated rings. The van der Waals surface area contributed by atoms with E-state index in [-0.39, 0.29) is 0 Å². The van der Waals surface area contributed by atoms with E-state index in [1.54, 1.807) is 24.3 Å². The monoisotopic (exact) mass is 340 g/mol. The molecule has 6 nitrogen and oxygen atoms in total. The molecule has 0 radical (unpaired) electrons. The van der Waals surface area contributed by atoms with E-state index in [9.17, 15) is 8.42 Å². The lowest BCUT2D eigenvalue weighted by Gasteiger charge is -2.13. The number of nitrogens with one attached hydrogen (secondary N) is 2. The average Bonchev–Trinajstić information content (AvgIpc) is 2.50. The van der Waals surface area contributed by atoms with Crippen molar-refractivity contribution in [3.05, 3.63) is 29.8 Å². The number of guanidine groups is 1. The van der Waals surface area contributed by atoms with Gasteiger partial charge in [0, 0.05) is 27.2 Å². The van der Waals surface area contributed by atoms with E-state index >= 15 is 0 Å². The van der Waals surface area contributed by atoms with Crippen molar-refractivity contribution in [1.29, 1.82) is 0 Å². The number of rotatable bonds is 7. The normalized spacial score (nSPS) is 12.7. The predicted molar refractivity (Wildman–Crippen MR) is 95.0 cm³/mol. The number of hydrogen-bond acceptors (Lipinski definition) is 3. The summed E-state index contributed by atoms with van der Waals surface area (Å²) in [6.45, 7) is 8.44. The lowest BCUT2D eigenvalue weighted by Crippen LogP contribution is -2.39. The van der Waals surface area contributed by atoms with Crippen LogP contribution in [0.4, 0.5) is 0 Å². The highest BCUT2D eigenvalue weighted by atomic mass is 32.2. The number of benzene rings is 1. The Bertz CT molecular complexity index is 607. The van der Waals surface area contributed by atoms with Gasteiger partial charge in [-0.2, -0.15) is 0 Å². The van der Waals surface area contributed by atoms with Crippen molar-refractivity contribution in [2.45, 2.75) is 32.2 Å². The molecule has 0 aliphatic heterocycles. The largest absolute Gasteiger partial charge is 0.357 e. The molecular formula is C16H28N4O2S. The molecule has 0 amide bonds. The van der Waals surface area contributed by atoms with Crippen molar-refractivity contribution >= 4 is 16.0 Å². The summed E-state index contributed by atoms with van der Waals surface area (Å²) >= 11 is 0. The zero-order chi connectivity index (χ0) is 17.5. The molecular weight excluding hydrogens is 312 g/mol. The Morgan fingerprint density at radius 2 is 1.78 bits per heavy atom. The van der Waals surface area contributed by atoms with Gasteiger partial charge in [-0.25, -0.2) is 17.7 Å². The van der Waals surface area contributed by atoms with E-state index in [0.29, 0.717) is 17.4 Å². The lowest BCUT2D eigenvalue weighted by atomic mass is 10.2. The molecule has 1 aromatic rings. The van der Waals surface area contributed by atoms with E-state index in [2.05, 4.69) is 29.5 Å². The second-order valence-corrected chi connectivity index (χ2v) is 8.05. The van der Waals surface area contributed by atoms with Crippen molar-refractivity contribution in [2.24, 2.45) is 10.9 Å². The molecule has 2 N–H and O–H groups in total. The summed E-state index contributed by atoms with van der Waals surface area (Å²) in [6.07, 6.45) is 0. The highest BCUT2D eigenvalue weighted by molar-refractivity contribution is 7.89. The number of sulfonamides is 1. The van der Waals surface area contributed by atoms with Crippen LogP contribution in [0, 0.1) is 5.92 Å². The number of aliphatic imine (C=N–C) groups is 1. The first-order chi connectivity index (χ1) is 10.8. The molecule has 7 heteroatoms. The molecule has 1 aromatic carbocycles. The molecule has 0 aliphatic carbocycles. The van der Waals surface area contributed by atoms with Gasteiger partial charge in [0.2, 0.25) is 10.0 Å². The first kappa shape index (κ1) is 19.4. The molecule has 23 heavy (non-hydrogen) atoms. The summed E-state index contributed by atoms with van der Waals surface area (Å²) in [4.78, 5) is 4.81. The molecule has 0 heterocycles. The van der Waals surface area contributed by atoms with Crippen LogP contribution in [0.1, 0.15) is 26.3 Å². The zero-order valence-electron chi connectivity index (χ0n) is 14.6. The van der Waals surface area contributed by atoms with Gasteiger partial charge in [-0.05, 0) is 30.5 Å². The Labute approximate surface area is 140 Å². The van der Waals surface area contributed by atoms with Crippen molar-refractivity contribution in [1.82, 2.24) is 14.9 Å². The van der Waals surface area contributed by atoms with Crippen LogP contribution in [0.2, 0.25) is 0 Å². The summed E-state index contributed by atoms with van der Waals surface area (Å²) in [5.41, 5.74) is 0.962. The first-order valence-corrected chi connectivity index (χ1v) is 9.25. The van der Waals surface area contributed by atoms with Gasteiger partial charge in [0.05, 0.1) is 11.4 Å². The van der Waals surface area contributed by atoms with Crippen LogP contribution in [0.25, 0.3) is 0 Å². The SMILES string of the molecule is CCNC(=NCc1ccc(S(=O)(=O)N(C)C)cc1)NCC(C)C. The third-order valence-electron chi connectivity index (χ3n) is 3.14. The quantitative estimate of drug-likeness (QED) is 0.585. The Hall–Kier alpha value is -1.60. The maximum atomic E-state index is 12.0. The maximum absolute atomic E-state index is 12.0. The van der Waals surface area contributed by atoms with Crippen molar-refractivity contribution in [2.75, 3.05) is 27.2 Å². The molecule has 0 aromatic heterocycles. The maximum Gasteiger partial charge on any atom is 0.242 e. The molecule has 130 valence electrons. The fraction of sp³-hybridized carbons (Fsp3) is 0.562. The third kappa shape index (κ3) is 6.19. The Morgan fingerprint density at radius 1 is 1.17 bits per heavy atom. The molecule has 0 bridgehead atoms. The van der Waals surface area contributed by atoms with Crippen LogP contribution in [0.5, 0.6) is 0 Å². The van der Waals surface area contributed by atoms with Gasteiger partial charge in [0.1, 0.15) is 0 Å². The fourth-order valence-corrected chi connectivity index (χ4v) is 2.69. The van der Waals surface area contributed by atoms with Gasteiger partial charge in [-0.15, -0.1) is 0 Å². The van der Waals surface area contributed by atoms with E-state index in [0.717, 1.165) is 24.6 Å². The molecule has 1 rings (SSSR count). The van der Waals surface area contributed by atoms with Crippen molar-refractivity contribution in [3.63, 3.8) is 0 Å². The van der Waals surface area contributed by atoms with Crippen LogP contribution in [0.15, 0.2) is 34.2 Å². The molecule has 0 unspecified atom stereocenters. The van der Waals surface area contributed by atoms with Gasteiger partial charge in [-0.1, -0.05) is 26.0 Å². The van der Waals surface area contributed by atoms with Gasteiger partial charge in [-0.3, -0.25) is 0 Å². The fourth-order valence-electron chi connectivity index (χ4n) is 1.79. The van der Waals surface area contributed by atoms with Gasteiger partial charge in [0.25, 0.3) is 0 Å². The Morgan fingerprint density at radius 3 is 2.26 bits per heavy atom. The van der Waals surface area contributed by atoms with Crippen LogP contribution in [-0.4, -0.2) is 45.9 Å². The van der Waals surface area contributed by atoms with Gasteiger partial charge >= 0.3 is 0 Å². The third-order valence-corrected chi connectivity index (χ3v) is 4.97. The summed E-state index contributed by atoms with van der Waals surface area (Å²) in [5, 5.41) is 6.47.